The van der Waals surface area contributed by atoms with Gasteiger partial charge >= 0.3 is 0 Å². The summed E-state index contributed by atoms with van der Waals surface area (Å²) in [7, 11) is 1.62. The monoisotopic (exact) mass is 431 g/mol. The normalized spacial score (nSPS) is 26.9. The molecular weight excluding hydrogens is 413 g/mol. The van der Waals surface area contributed by atoms with Crippen LogP contribution in [0.5, 0.6) is 5.75 Å². The first-order chi connectivity index (χ1) is 14.0. The zero-order valence-corrected chi connectivity index (χ0v) is 17.2. The third-order valence-corrected chi connectivity index (χ3v) is 6.76. The van der Waals surface area contributed by atoms with Crippen LogP contribution in [0.25, 0.3) is 0 Å². The van der Waals surface area contributed by atoms with Crippen molar-refractivity contribution < 1.29 is 14.3 Å². The SMILES string of the molecule is COc1ccc([C@H]2[C@@H]3C(=O)N(c4ccc(Cl)c(Cl)c4)C(=O)[C@@H]3N3CCCN23)cc1. The van der Waals surface area contributed by atoms with Crippen LogP contribution in [0.1, 0.15) is 18.0 Å². The lowest BCUT2D eigenvalue weighted by Gasteiger charge is -2.29. The number of anilines is 1. The molecule has 3 saturated heterocycles. The van der Waals surface area contributed by atoms with Crippen LogP contribution in [0.15, 0.2) is 42.5 Å². The van der Waals surface area contributed by atoms with E-state index in [9.17, 15) is 9.59 Å². The lowest BCUT2D eigenvalue weighted by molar-refractivity contribution is -0.126. The maximum absolute atomic E-state index is 13.5. The summed E-state index contributed by atoms with van der Waals surface area (Å²) in [5.74, 6) is -0.117. The molecular formula is C21H19Cl2N3O3. The number of imide groups is 1. The molecule has 0 aromatic heterocycles. The van der Waals surface area contributed by atoms with Gasteiger partial charge in [0.1, 0.15) is 11.8 Å². The zero-order valence-electron chi connectivity index (χ0n) is 15.7. The molecule has 0 spiro atoms. The molecule has 0 unspecified atom stereocenters. The summed E-state index contributed by atoms with van der Waals surface area (Å²) in [6.45, 7) is 1.60. The first-order valence-electron chi connectivity index (χ1n) is 9.51. The van der Waals surface area contributed by atoms with Crippen molar-refractivity contribution in [1.82, 2.24) is 10.0 Å². The van der Waals surface area contributed by atoms with E-state index in [1.807, 2.05) is 24.3 Å². The molecule has 3 aliphatic rings. The third-order valence-electron chi connectivity index (χ3n) is 6.02. The van der Waals surface area contributed by atoms with Crippen LogP contribution in [0.2, 0.25) is 10.0 Å². The molecule has 3 heterocycles. The van der Waals surface area contributed by atoms with Gasteiger partial charge in [-0.15, -0.1) is 0 Å². The standard InChI is InChI=1S/C21H19Cl2N3O3/c1-29-14-6-3-12(4-7-14)18-17-19(25-10-2-9-24(18)25)21(28)26(20(17)27)13-5-8-15(22)16(23)11-13/h3-8,11,17-19H,2,9-10H2,1H3/t17-,18-,19+/m0/s1. The number of methoxy groups -OCH3 is 1. The Morgan fingerprint density at radius 2 is 1.59 bits per heavy atom. The van der Waals surface area contributed by atoms with Crippen molar-refractivity contribution in [3.8, 4) is 5.75 Å². The van der Waals surface area contributed by atoms with Gasteiger partial charge in [-0.1, -0.05) is 35.3 Å². The van der Waals surface area contributed by atoms with Gasteiger partial charge in [0, 0.05) is 13.1 Å². The Morgan fingerprint density at radius 1 is 0.897 bits per heavy atom. The Kier molecular flexibility index (Phi) is 4.55. The summed E-state index contributed by atoms with van der Waals surface area (Å²) < 4.78 is 5.26. The maximum atomic E-state index is 13.5. The Balaban J connectivity index is 1.56. The van der Waals surface area contributed by atoms with Crippen molar-refractivity contribution in [3.63, 3.8) is 0 Å². The van der Waals surface area contributed by atoms with E-state index in [1.54, 1.807) is 25.3 Å². The van der Waals surface area contributed by atoms with Crippen molar-refractivity contribution in [3.05, 3.63) is 58.1 Å². The van der Waals surface area contributed by atoms with Crippen molar-refractivity contribution in [2.24, 2.45) is 5.92 Å². The van der Waals surface area contributed by atoms with Crippen LogP contribution < -0.4 is 9.64 Å². The molecule has 150 valence electrons. The fourth-order valence-corrected chi connectivity index (χ4v) is 5.09. The van der Waals surface area contributed by atoms with Crippen molar-refractivity contribution >= 4 is 40.7 Å². The summed E-state index contributed by atoms with van der Waals surface area (Å²) in [5, 5.41) is 4.95. The third kappa shape index (κ3) is 2.78. The highest BCUT2D eigenvalue weighted by molar-refractivity contribution is 6.42. The molecule has 3 atom stereocenters. The number of rotatable bonds is 3. The topological polar surface area (TPSA) is 53.1 Å². The number of halogens is 2. The summed E-state index contributed by atoms with van der Waals surface area (Å²) >= 11 is 12.2. The first-order valence-corrected chi connectivity index (χ1v) is 10.3. The number of carbonyl (C=O) groups is 2. The van der Waals surface area contributed by atoms with E-state index in [0.717, 1.165) is 30.8 Å². The molecule has 0 aliphatic carbocycles. The maximum Gasteiger partial charge on any atom is 0.253 e. The molecule has 2 aromatic carbocycles. The average Bonchev–Trinajstić information content (AvgIpc) is 3.37. The molecule has 0 bridgehead atoms. The molecule has 0 N–H and O–H groups in total. The van der Waals surface area contributed by atoms with Gasteiger partial charge in [0.25, 0.3) is 5.91 Å². The van der Waals surface area contributed by atoms with Gasteiger partial charge in [-0.05, 0) is 42.3 Å². The quantitative estimate of drug-likeness (QED) is 0.695. The number of hydrogen-bond acceptors (Lipinski definition) is 5. The van der Waals surface area contributed by atoms with E-state index in [1.165, 1.54) is 4.90 Å². The number of carbonyl (C=O) groups excluding carboxylic acids is 2. The molecule has 3 fully saturated rings. The van der Waals surface area contributed by atoms with Crippen molar-refractivity contribution in [1.29, 1.82) is 0 Å². The second-order valence-electron chi connectivity index (χ2n) is 7.48. The number of hydrogen-bond donors (Lipinski definition) is 0. The predicted octanol–water partition coefficient (Wildman–Crippen LogP) is 3.54. The number of nitrogens with zero attached hydrogens (tertiary/aromatic N) is 3. The van der Waals surface area contributed by atoms with Gasteiger partial charge in [0.15, 0.2) is 0 Å². The molecule has 5 rings (SSSR count). The summed E-state index contributed by atoms with van der Waals surface area (Å²) in [4.78, 5) is 28.1. The minimum absolute atomic E-state index is 0.183. The number of ether oxygens (including phenoxy) is 1. The van der Waals surface area contributed by atoms with E-state index >= 15 is 0 Å². The van der Waals surface area contributed by atoms with E-state index in [2.05, 4.69) is 10.0 Å². The Morgan fingerprint density at radius 3 is 2.24 bits per heavy atom. The number of amides is 2. The fraction of sp³-hybridized carbons (Fsp3) is 0.333. The second kappa shape index (κ2) is 6.99. The van der Waals surface area contributed by atoms with Crippen LogP contribution in [-0.4, -0.2) is 48.1 Å². The molecule has 0 saturated carbocycles. The molecule has 2 aromatic rings. The highest BCUT2D eigenvalue weighted by Gasteiger charge is 2.62. The van der Waals surface area contributed by atoms with E-state index in [-0.39, 0.29) is 17.9 Å². The molecule has 8 heteroatoms. The van der Waals surface area contributed by atoms with Crippen LogP contribution in [0, 0.1) is 5.92 Å². The van der Waals surface area contributed by atoms with Crippen LogP contribution in [0.4, 0.5) is 5.69 Å². The van der Waals surface area contributed by atoms with Gasteiger partial charge in [-0.25, -0.2) is 14.9 Å². The summed E-state index contributed by atoms with van der Waals surface area (Å²) in [6, 6.07) is 11.9. The molecule has 2 amide bonds. The van der Waals surface area contributed by atoms with Gasteiger partial charge in [0.05, 0.1) is 34.8 Å². The lowest BCUT2D eigenvalue weighted by Crippen LogP contribution is -2.44. The van der Waals surface area contributed by atoms with Gasteiger partial charge < -0.3 is 4.74 Å². The number of benzene rings is 2. The predicted molar refractivity (Wildman–Crippen MR) is 110 cm³/mol. The minimum atomic E-state index is -0.494. The number of fused-ring (bicyclic) bond motifs is 3. The highest BCUT2D eigenvalue weighted by atomic mass is 35.5. The molecule has 0 radical (unpaired) electrons. The van der Waals surface area contributed by atoms with Crippen LogP contribution in [-0.2, 0) is 9.59 Å². The highest BCUT2D eigenvalue weighted by Crippen LogP contribution is 2.49. The van der Waals surface area contributed by atoms with Gasteiger partial charge in [0.2, 0.25) is 5.91 Å². The largest absolute Gasteiger partial charge is 0.497 e. The minimum Gasteiger partial charge on any atom is -0.497 e. The van der Waals surface area contributed by atoms with Crippen molar-refractivity contribution in [2.45, 2.75) is 18.5 Å². The van der Waals surface area contributed by atoms with E-state index < -0.39 is 12.0 Å². The molecule has 3 aliphatic heterocycles. The Labute approximate surface area is 178 Å². The molecule has 29 heavy (non-hydrogen) atoms. The Bertz CT molecular complexity index is 997. The summed E-state index contributed by atoms with van der Waals surface area (Å²) in [5.41, 5.74) is 1.46. The second-order valence-corrected chi connectivity index (χ2v) is 8.29. The van der Waals surface area contributed by atoms with Gasteiger partial charge in [-0.3, -0.25) is 9.59 Å². The van der Waals surface area contributed by atoms with Crippen LogP contribution >= 0.6 is 23.2 Å². The van der Waals surface area contributed by atoms with Crippen molar-refractivity contribution in [2.75, 3.05) is 25.1 Å². The van der Waals surface area contributed by atoms with E-state index in [4.69, 9.17) is 27.9 Å². The smallest absolute Gasteiger partial charge is 0.253 e. The number of hydrazine groups is 1. The summed E-state index contributed by atoms with van der Waals surface area (Å²) in [6.07, 6.45) is 0.962. The van der Waals surface area contributed by atoms with Crippen LogP contribution in [0.3, 0.4) is 0 Å². The fourth-order valence-electron chi connectivity index (χ4n) is 4.79. The lowest BCUT2D eigenvalue weighted by atomic mass is 9.90. The first kappa shape index (κ1) is 18.9. The Hall–Kier alpha value is -2.12. The average molecular weight is 432 g/mol. The molecule has 6 nitrogen and oxygen atoms in total. The zero-order chi connectivity index (χ0) is 20.3. The van der Waals surface area contributed by atoms with Gasteiger partial charge in [-0.2, -0.15) is 0 Å². The van der Waals surface area contributed by atoms with E-state index in [0.29, 0.717) is 15.7 Å².